The molecule has 0 atom stereocenters. The highest BCUT2D eigenvalue weighted by atomic mass is 79.9. The van der Waals surface area contributed by atoms with Crippen LogP contribution in [-0.2, 0) is 4.79 Å². The Hall–Kier alpha value is -3.38. The van der Waals surface area contributed by atoms with Crippen molar-refractivity contribution in [2.24, 2.45) is 20.7 Å². The molecule has 8 nitrogen and oxygen atoms in total. The van der Waals surface area contributed by atoms with E-state index in [0.717, 1.165) is 15.6 Å². The maximum absolute atomic E-state index is 12.8. The van der Waals surface area contributed by atoms with Gasteiger partial charge in [0.15, 0.2) is 0 Å². The molecule has 0 saturated carbocycles. The van der Waals surface area contributed by atoms with E-state index in [4.69, 9.17) is 0 Å². The van der Waals surface area contributed by atoms with E-state index in [0.29, 0.717) is 31.7 Å². The monoisotopic (exact) mass is 464 g/mol. The van der Waals surface area contributed by atoms with Crippen molar-refractivity contribution in [1.82, 2.24) is 9.80 Å². The number of halogens is 1. The molecule has 9 heteroatoms. The van der Waals surface area contributed by atoms with Gasteiger partial charge in [-0.05, 0) is 46.8 Å². The summed E-state index contributed by atoms with van der Waals surface area (Å²) in [5, 5.41) is 14.7. The molecule has 1 saturated heterocycles. The minimum Gasteiger partial charge on any atom is -0.335 e. The van der Waals surface area contributed by atoms with Gasteiger partial charge in [0.2, 0.25) is 6.17 Å². The van der Waals surface area contributed by atoms with Gasteiger partial charge in [0.1, 0.15) is 0 Å². The zero-order chi connectivity index (χ0) is 20.9. The van der Waals surface area contributed by atoms with Gasteiger partial charge in [-0.15, -0.1) is 10.2 Å². The SMILES string of the molecule is O=C(C#Cc1ccc(Br)cc1)N1CCN(C(=O)c2ccc(C3N=NN=N3)cc2)CC1. The van der Waals surface area contributed by atoms with Gasteiger partial charge >= 0.3 is 0 Å². The quantitative estimate of drug-likeness (QED) is 0.635. The summed E-state index contributed by atoms with van der Waals surface area (Å²) in [7, 11) is 0. The van der Waals surface area contributed by atoms with E-state index in [1.54, 1.807) is 34.1 Å². The van der Waals surface area contributed by atoms with Crippen LogP contribution in [0.15, 0.2) is 73.7 Å². The highest BCUT2D eigenvalue weighted by Gasteiger charge is 2.24. The zero-order valence-electron chi connectivity index (χ0n) is 15.9. The van der Waals surface area contributed by atoms with Crippen molar-refractivity contribution in [2.75, 3.05) is 26.2 Å². The van der Waals surface area contributed by atoms with Gasteiger partial charge in [0, 0.05) is 53.3 Å². The van der Waals surface area contributed by atoms with Crippen LogP contribution < -0.4 is 0 Å². The fourth-order valence-corrected chi connectivity index (χ4v) is 3.40. The maximum atomic E-state index is 12.8. The summed E-state index contributed by atoms with van der Waals surface area (Å²) < 4.78 is 0.962. The number of rotatable bonds is 2. The Morgan fingerprint density at radius 3 is 2.10 bits per heavy atom. The summed E-state index contributed by atoms with van der Waals surface area (Å²) in [6.45, 7) is 1.86. The lowest BCUT2D eigenvalue weighted by atomic mass is 10.1. The van der Waals surface area contributed by atoms with Crippen molar-refractivity contribution in [3.63, 3.8) is 0 Å². The molecule has 2 amide bonds. The van der Waals surface area contributed by atoms with Gasteiger partial charge in [0.05, 0.1) is 0 Å². The van der Waals surface area contributed by atoms with Crippen LogP contribution in [0.2, 0.25) is 0 Å². The molecule has 1 fully saturated rings. The van der Waals surface area contributed by atoms with E-state index >= 15 is 0 Å². The Labute approximate surface area is 181 Å². The molecule has 0 unspecified atom stereocenters. The third-order valence-electron chi connectivity index (χ3n) is 4.83. The Balaban J connectivity index is 1.32. The molecule has 2 aliphatic rings. The predicted octanol–water partition coefficient (Wildman–Crippen LogP) is 3.62. The number of piperazine rings is 1. The minimum absolute atomic E-state index is 0.0655. The van der Waals surface area contributed by atoms with Gasteiger partial charge < -0.3 is 9.80 Å². The second-order valence-electron chi connectivity index (χ2n) is 6.75. The predicted molar refractivity (Wildman–Crippen MR) is 112 cm³/mol. The number of amides is 2. The van der Waals surface area contributed by atoms with Crippen LogP contribution in [0.4, 0.5) is 0 Å². The minimum atomic E-state index is -0.428. The van der Waals surface area contributed by atoms with Crippen molar-refractivity contribution >= 4 is 27.7 Å². The molecule has 2 aromatic carbocycles. The van der Waals surface area contributed by atoms with Crippen LogP contribution in [-0.4, -0.2) is 47.8 Å². The summed E-state index contributed by atoms with van der Waals surface area (Å²) in [4.78, 5) is 28.5. The van der Waals surface area contributed by atoms with Gasteiger partial charge in [-0.25, -0.2) is 0 Å². The molecule has 0 bridgehead atoms. The molecular formula is C21H17BrN6O2. The average Bonchev–Trinajstić information content (AvgIpc) is 3.33. The fourth-order valence-electron chi connectivity index (χ4n) is 3.13. The standard InChI is InChI=1S/C21H17BrN6O2/c22-18-8-1-15(2-9-18)3-10-19(29)27-11-13-28(14-12-27)21(30)17-6-4-16(5-7-17)20-23-25-26-24-20/h1-2,4-9,20H,11-14H2. The van der Waals surface area contributed by atoms with E-state index in [2.05, 4.69) is 48.4 Å². The van der Waals surface area contributed by atoms with Crippen LogP contribution in [0.3, 0.4) is 0 Å². The largest absolute Gasteiger partial charge is 0.335 e. The van der Waals surface area contributed by atoms with E-state index in [-0.39, 0.29) is 11.8 Å². The van der Waals surface area contributed by atoms with Crippen LogP contribution in [0.1, 0.15) is 27.7 Å². The molecule has 150 valence electrons. The molecule has 2 aliphatic heterocycles. The van der Waals surface area contributed by atoms with Crippen molar-refractivity contribution in [2.45, 2.75) is 6.17 Å². The molecule has 2 aromatic rings. The van der Waals surface area contributed by atoms with Crippen molar-refractivity contribution < 1.29 is 9.59 Å². The number of carbonyl (C=O) groups excluding carboxylic acids is 2. The van der Waals surface area contributed by atoms with E-state index < -0.39 is 6.17 Å². The molecule has 2 heterocycles. The molecule has 0 N–H and O–H groups in total. The first kappa shape index (κ1) is 19.9. The molecule has 30 heavy (non-hydrogen) atoms. The van der Waals surface area contributed by atoms with Crippen molar-refractivity contribution in [3.05, 3.63) is 69.7 Å². The van der Waals surface area contributed by atoms with Gasteiger partial charge in [-0.1, -0.05) is 34.0 Å². The van der Waals surface area contributed by atoms with Gasteiger partial charge in [-0.2, -0.15) is 0 Å². The first-order valence-electron chi connectivity index (χ1n) is 9.36. The molecule has 0 spiro atoms. The Morgan fingerprint density at radius 1 is 0.867 bits per heavy atom. The molecule has 0 aliphatic carbocycles. The fraction of sp³-hybridized carbons (Fsp3) is 0.238. The highest BCUT2D eigenvalue weighted by Crippen LogP contribution is 2.24. The Morgan fingerprint density at radius 2 is 1.47 bits per heavy atom. The number of hydrogen-bond donors (Lipinski definition) is 0. The Kier molecular flexibility index (Phi) is 5.95. The van der Waals surface area contributed by atoms with E-state index in [1.165, 1.54) is 0 Å². The highest BCUT2D eigenvalue weighted by molar-refractivity contribution is 9.10. The second kappa shape index (κ2) is 8.97. The van der Waals surface area contributed by atoms with Crippen LogP contribution in [0.5, 0.6) is 0 Å². The van der Waals surface area contributed by atoms with Gasteiger partial charge in [0.25, 0.3) is 11.8 Å². The molecule has 4 rings (SSSR count). The van der Waals surface area contributed by atoms with E-state index in [9.17, 15) is 9.59 Å². The number of hydrogen-bond acceptors (Lipinski definition) is 6. The zero-order valence-corrected chi connectivity index (χ0v) is 17.5. The van der Waals surface area contributed by atoms with Crippen molar-refractivity contribution in [3.8, 4) is 11.8 Å². The van der Waals surface area contributed by atoms with Crippen LogP contribution in [0, 0.1) is 11.8 Å². The molecule has 0 aromatic heterocycles. The lowest BCUT2D eigenvalue weighted by Crippen LogP contribution is -2.50. The number of benzene rings is 2. The van der Waals surface area contributed by atoms with E-state index in [1.807, 2.05) is 24.3 Å². The third-order valence-corrected chi connectivity index (χ3v) is 5.36. The summed E-state index contributed by atoms with van der Waals surface area (Å²) in [5.41, 5.74) is 2.20. The Bertz CT molecular complexity index is 1050. The lowest BCUT2D eigenvalue weighted by Gasteiger charge is -2.33. The number of carbonyl (C=O) groups is 2. The second-order valence-corrected chi connectivity index (χ2v) is 7.66. The third kappa shape index (κ3) is 4.60. The average molecular weight is 465 g/mol. The molecule has 0 radical (unpaired) electrons. The molecular weight excluding hydrogens is 448 g/mol. The first-order chi connectivity index (χ1) is 14.6. The first-order valence-corrected chi connectivity index (χ1v) is 10.2. The van der Waals surface area contributed by atoms with Crippen LogP contribution >= 0.6 is 15.9 Å². The van der Waals surface area contributed by atoms with Gasteiger partial charge in [-0.3, -0.25) is 9.59 Å². The smallest absolute Gasteiger partial charge is 0.298 e. The summed E-state index contributed by atoms with van der Waals surface area (Å²) in [6, 6.07) is 14.6. The van der Waals surface area contributed by atoms with Crippen LogP contribution in [0.25, 0.3) is 0 Å². The summed E-state index contributed by atoms with van der Waals surface area (Å²) in [6.07, 6.45) is -0.428. The normalized spacial score (nSPS) is 15.8. The summed E-state index contributed by atoms with van der Waals surface area (Å²) >= 11 is 3.37. The summed E-state index contributed by atoms with van der Waals surface area (Å²) in [5.74, 6) is 5.27. The number of nitrogens with zero attached hydrogens (tertiary/aromatic N) is 6. The maximum Gasteiger partial charge on any atom is 0.298 e. The lowest BCUT2D eigenvalue weighted by molar-refractivity contribution is -0.126. The topological polar surface area (TPSA) is 90.1 Å². The van der Waals surface area contributed by atoms with Crippen molar-refractivity contribution in [1.29, 1.82) is 0 Å².